The molecule has 1 rings (SSSR count). The number of quaternary nitrogens is 1. The predicted molar refractivity (Wildman–Crippen MR) is 47.3 cm³/mol. The summed E-state index contributed by atoms with van der Waals surface area (Å²) in [6.45, 7) is 10.3. The Morgan fingerprint density at radius 3 is 2.00 bits per heavy atom. The van der Waals surface area contributed by atoms with Crippen LogP contribution in [0.25, 0.3) is 0 Å². The first-order valence-corrected chi connectivity index (χ1v) is 6.24. The Kier molecular flexibility index (Phi) is 2.71. The topological polar surface area (TPSA) is 61.3 Å². The molecule has 1 aliphatic heterocycles. The van der Waals surface area contributed by atoms with Crippen LogP contribution in [0.1, 0.15) is 34.6 Å². The van der Waals surface area contributed by atoms with E-state index in [0.29, 0.717) is 2.81 Å². The van der Waals surface area contributed by atoms with E-state index in [1.807, 2.05) is 20.8 Å². The summed E-state index contributed by atoms with van der Waals surface area (Å²) in [6.07, 6.45) is 0.0441. The third-order valence-electron chi connectivity index (χ3n) is 2.32. The monoisotopic (exact) mass is 301 g/mol. The van der Waals surface area contributed by atoms with Gasteiger partial charge in [0.05, 0.1) is 0 Å². The molecule has 0 amide bonds. The van der Waals surface area contributed by atoms with E-state index in [9.17, 15) is 0 Å². The van der Waals surface area contributed by atoms with Gasteiger partial charge in [-0.2, -0.15) is 0 Å². The SMILES string of the molecule is CC(C)(C)O[I-][N+]1(N)C(N)C1(C)C. The molecular formula is C8H20IN3O. The van der Waals surface area contributed by atoms with Crippen molar-refractivity contribution >= 4 is 0 Å². The summed E-state index contributed by atoms with van der Waals surface area (Å²) >= 11 is -0.537. The molecule has 2 atom stereocenters. The van der Waals surface area contributed by atoms with Gasteiger partial charge in [-0.1, -0.05) is 0 Å². The number of rotatable bonds is 2. The van der Waals surface area contributed by atoms with Crippen molar-refractivity contribution in [1.82, 2.24) is 0 Å². The van der Waals surface area contributed by atoms with E-state index in [4.69, 9.17) is 14.6 Å². The number of hydrogen-bond donors (Lipinski definition) is 2. The number of hydrogen-bond acceptors (Lipinski definition) is 3. The maximum absolute atomic E-state index is 6.11. The Morgan fingerprint density at radius 2 is 1.77 bits per heavy atom. The Labute approximate surface area is 91.3 Å². The molecule has 2 unspecified atom stereocenters. The number of nitrogens with zero attached hydrogens (tertiary/aromatic N) is 1. The van der Waals surface area contributed by atoms with Gasteiger partial charge in [0.25, 0.3) is 0 Å². The normalized spacial score (nSPS) is 37.9. The van der Waals surface area contributed by atoms with Gasteiger partial charge in [-0.25, -0.2) is 0 Å². The van der Waals surface area contributed by atoms with Crippen molar-refractivity contribution < 1.29 is 27.8 Å². The van der Waals surface area contributed by atoms with E-state index in [2.05, 4.69) is 13.8 Å². The molecule has 4 nitrogen and oxygen atoms in total. The van der Waals surface area contributed by atoms with Crippen LogP contribution >= 0.6 is 0 Å². The molecule has 0 aromatic heterocycles. The van der Waals surface area contributed by atoms with Crippen molar-refractivity contribution in [2.45, 2.75) is 51.9 Å². The van der Waals surface area contributed by atoms with E-state index in [1.54, 1.807) is 0 Å². The third kappa shape index (κ3) is 1.99. The number of halogens is 1. The van der Waals surface area contributed by atoms with Gasteiger partial charge in [0, 0.05) is 0 Å². The molecular weight excluding hydrogens is 281 g/mol. The average Bonchev–Trinajstić information content (AvgIpc) is 2.31. The van der Waals surface area contributed by atoms with Gasteiger partial charge in [0.15, 0.2) is 0 Å². The van der Waals surface area contributed by atoms with E-state index in [1.165, 1.54) is 0 Å². The van der Waals surface area contributed by atoms with Crippen LogP contribution in [0.2, 0.25) is 0 Å². The van der Waals surface area contributed by atoms with Gasteiger partial charge in [-0.15, -0.1) is 0 Å². The molecule has 0 aromatic carbocycles. The molecule has 0 aromatic rings. The molecule has 13 heavy (non-hydrogen) atoms. The summed E-state index contributed by atoms with van der Waals surface area (Å²) < 4.78 is 6.17. The Morgan fingerprint density at radius 1 is 1.38 bits per heavy atom. The standard InChI is InChI=1S/C8H20IN3O/c1-7(2,3)13-9-12(11)6(10)8(12,4)5/h6H,10-11H2,1-5H3. The van der Waals surface area contributed by atoms with E-state index in [0.717, 1.165) is 0 Å². The predicted octanol–water partition coefficient (Wildman–Crippen LogP) is -2.51. The molecule has 0 bridgehead atoms. The van der Waals surface area contributed by atoms with Crippen molar-refractivity contribution in [3.63, 3.8) is 0 Å². The zero-order valence-corrected chi connectivity index (χ0v) is 11.1. The van der Waals surface area contributed by atoms with Gasteiger partial charge in [0.1, 0.15) is 0 Å². The quantitative estimate of drug-likeness (QED) is 0.256. The van der Waals surface area contributed by atoms with Gasteiger partial charge < -0.3 is 0 Å². The summed E-state index contributed by atoms with van der Waals surface area (Å²) in [5.74, 6) is 6.11. The average molecular weight is 301 g/mol. The molecule has 1 saturated heterocycles. The number of nitrogens with two attached hydrogens (primary N) is 2. The fraction of sp³-hybridized carbons (Fsp3) is 1.00. The van der Waals surface area contributed by atoms with E-state index < -0.39 is 21.9 Å². The summed E-state index contributed by atoms with van der Waals surface area (Å²) in [7, 11) is 0. The molecule has 0 saturated carbocycles. The van der Waals surface area contributed by atoms with Crippen LogP contribution in [-0.2, 0) is 3.07 Å². The van der Waals surface area contributed by atoms with Gasteiger partial charge in [-0.05, 0) is 0 Å². The third-order valence-corrected chi connectivity index (χ3v) is 6.34. The first-order valence-electron chi connectivity index (χ1n) is 4.39. The molecule has 0 aliphatic carbocycles. The van der Waals surface area contributed by atoms with Crippen LogP contribution in [0.5, 0.6) is 0 Å². The molecule has 4 N–H and O–H groups in total. The minimum absolute atomic E-state index is 0.00146. The fourth-order valence-corrected chi connectivity index (χ4v) is 3.50. The van der Waals surface area contributed by atoms with Crippen molar-refractivity contribution in [2.24, 2.45) is 11.6 Å². The maximum atomic E-state index is 6.11. The van der Waals surface area contributed by atoms with Crippen LogP contribution < -0.4 is 33.5 Å². The summed E-state index contributed by atoms with van der Waals surface area (Å²) in [6, 6.07) is 0. The Balaban J connectivity index is 2.49. The molecule has 0 spiro atoms. The van der Waals surface area contributed by atoms with Crippen LogP contribution in [0, 0.1) is 0 Å². The van der Waals surface area contributed by atoms with Crippen LogP contribution in [0.4, 0.5) is 0 Å². The van der Waals surface area contributed by atoms with Crippen molar-refractivity contribution in [1.29, 1.82) is 0 Å². The first-order chi connectivity index (χ1) is 5.61. The Hall–Kier alpha value is 0.570. The summed E-state index contributed by atoms with van der Waals surface area (Å²) in [5.41, 5.74) is 5.80. The van der Waals surface area contributed by atoms with Crippen LogP contribution in [0.15, 0.2) is 0 Å². The van der Waals surface area contributed by atoms with Crippen molar-refractivity contribution in [2.75, 3.05) is 0 Å². The van der Waals surface area contributed by atoms with Crippen molar-refractivity contribution in [3.05, 3.63) is 0 Å². The molecule has 5 heteroatoms. The Bertz CT molecular complexity index is 214. The summed E-state index contributed by atoms with van der Waals surface area (Å²) in [5, 5.41) is 0. The minimum atomic E-state index is -0.537. The van der Waals surface area contributed by atoms with Gasteiger partial charge in [-0.3, -0.25) is 0 Å². The van der Waals surface area contributed by atoms with Crippen LogP contribution in [0.3, 0.4) is 0 Å². The zero-order chi connectivity index (χ0) is 10.5. The molecule has 1 fully saturated rings. The second kappa shape index (κ2) is 3.03. The molecule has 80 valence electrons. The van der Waals surface area contributed by atoms with Gasteiger partial charge >= 0.3 is 91.3 Å². The fourth-order valence-electron chi connectivity index (χ4n) is 0.987. The summed E-state index contributed by atoms with van der Waals surface area (Å²) in [4.78, 5) is 0. The molecule has 1 heterocycles. The molecule has 1 aliphatic rings. The van der Waals surface area contributed by atoms with E-state index in [-0.39, 0.29) is 17.3 Å². The second-order valence-corrected chi connectivity index (χ2v) is 7.47. The van der Waals surface area contributed by atoms with Gasteiger partial charge in [0.2, 0.25) is 0 Å². The zero-order valence-electron chi connectivity index (χ0n) is 8.97. The van der Waals surface area contributed by atoms with Crippen molar-refractivity contribution in [3.8, 4) is 0 Å². The van der Waals surface area contributed by atoms with Crippen LogP contribution in [-0.4, -0.2) is 20.1 Å². The second-order valence-electron chi connectivity index (χ2n) is 5.04. The van der Waals surface area contributed by atoms with E-state index >= 15 is 0 Å². The molecule has 0 radical (unpaired) electrons. The first kappa shape index (κ1) is 11.6.